The van der Waals surface area contributed by atoms with E-state index in [9.17, 15) is 10.2 Å². The fourth-order valence-electron chi connectivity index (χ4n) is 1.81. The van der Waals surface area contributed by atoms with E-state index < -0.39 is 11.7 Å². The van der Waals surface area contributed by atoms with Crippen molar-refractivity contribution < 1.29 is 10.2 Å². The van der Waals surface area contributed by atoms with Crippen molar-refractivity contribution in [3.05, 3.63) is 33.3 Å². The van der Waals surface area contributed by atoms with E-state index in [0.29, 0.717) is 24.3 Å². The van der Waals surface area contributed by atoms with Gasteiger partial charge in [0.1, 0.15) is 0 Å². The van der Waals surface area contributed by atoms with Crippen molar-refractivity contribution in [3.63, 3.8) is 0 Å². The minimum Gasteiger partial charge on any atom is -0.390 e. The smallest absolute Gasteiger partial charge is 0.0903 e. The first-order chi connectivity index (χ1) is 7.92. The second-order valence-electron chi connectivity index (χ2n) is 4.27. The van der Waals surface area contributed by atoms with E-state index in [1.54, 1.807) is 6.07 Å². The van der Waals surface area contributed by atoms with Crippen molar-refractivity contribution in [1.29, 1.82) is 0 Å². The van der Waals surface area contributed by atoms with Crippen LogP contribution in [0.25, 0.3) is 0 Å². The van der Waals surface area contributed by atoms with Crippen LogP contribution in [-0.4, -0.2) is 21.9 Å². The lowest BCUT2D eigenvalue weighted by atomic mass is 9.87. The van der Waals surface area contributed by atoms with Gasteiger partial charge < -0.3 is 10.2 Å². The summed E-state index contributed by atoms with van der Waals surface area (Å²) in [4.78, 5) is 0. The quantitative estimate of drug-likeness (QED) is 0.870. The summed E-state index contributed by atoms with van der Waals surface area (Å²) >= 11 is 9.42. The third-order valence-corrected chi connectivity index (χ3v) is 4.12. The van der Waals surface area contributed by atoms with Crippen LogP contribution in [-0.2, 0) is 6.42 Å². The third-order valence-electron chi connectivity index (χ3n) is 3.27. The van der Waals surface area contributed by atoms with Gasteiger partial charge in [-0.1, -0.05) is 47.4 Å². The van der Waals surface area contributed by atoms with Crippen LogP contribution in [0.15, 0.2) is 22.7 Å². The zero-order valence-corrected chi connectivity index (χ0v) is 12.4. The molecular weight excluding hydrogens is 303 g/mol. The molecule has 0 aliphatic rings. The maximum absolute atomic E-state index is 10.2. The Balaban J connectivity index is 2.84. The van der Waals surface area contributed by atoms with E-state index in [1.165, 1.54) is 0 Å². The maximum atomic E-state index is 10.2. The van der Waals surface area contributed by atoms with Gasteiger partial charge in [0.2, 0.25) is 0 Å². The number of rotatable bonds is 5. The lowest BCUT2D eigenvalue weighted by Crippen LogP contribution is -2.42. The molecule has 0 bridgehead atoms. The van der Waals surface area contributed by atoms with Crippen LogP contribution in [0.5, 0.6) is 0 Å². The topological polar surface area (TPSA) is 40.5 Å². The minimum atomic E-state index is -1.03. The first kappa shape index (κ1) is 15.0. The van der Waals surface area contributed by atoms with Crippen molar-refractivity contribution in [1.82, 2.24) is 0 Å². The van der Waals surface area contributed by atoms with Crippen LogP contribution < -0.4 is 0 Å². The molecule has 0 aliphatic heterocycles. The Bertz CT molecular complexity index is 378. The Morgan fingerprint density at radius 3 is 2.41 bits per heavy atom. The van der Waals surface area contributed by atoms with Gasteiger partial charge in [0.05, 0.1) is 11.7 Å². The molecule has 1 atom stereocenters. The minimum absolute atomic E-state index is 0.365. The summed E-state index contributed by atoms with van der Waals surface area (Å²) in [6.45, 7) is 3.74. The standard InChI is InChI=1S/C13H18BrClO2/c1-3-13(17,4-2)12(16)7-9-5-6-10(14)8-11(9)15/h5-6,8,12,16-17H,3-4,7H2,1-2H3. The van der Waals surface area contributed by atoms with Crippen molar-refractivity contribution in [3.8, 4) is 0 Å². The highest BCUT2D eigenvalue weighted by molar-refractivity contribution is 9.10. The molecule has 0 aliphatic carbocycles. The van der Waals surface area contributed by atoms with E-state index >= 15 is 0 Å². The molecule has 0 saturated carbocycles. The van der Waals surface area contributed by atoms with Gasteiger partial charge in [-0.15, -0.1) is 0 Å². The normalized spacial score (nSPS) is 13.8. The van der Waals surface area contributed by atoms with E-state index in [-0.39, 0.29) is 0 Å². The Morgan fingerprint density at radius 1 is 1.35 bits per heavy atom. The number of benzene rings is 1. The highest BCUT2D eigenvalue weighted by Crippen LogP contribution is 2.27. The molecule has 2 nitrogen and oxygen atoms in total. The Morgan fingerprint density at radius 2 is 1.94 bits per heavy atom. The number of halogens is 2. The van der Waals surface area contributed by atoms with Crippen LogP contribution in [0.4, 0.5) is 0 Å². The van der Waals surface area contributed by atoms with Gasteiger partial charge >= 0.3 is 0 Å². The Labute approximate surface area is 116 Å². The molecule has 96 valence electrons. The summed E-state index contributed by atoms with van der Waals surface area (Å²) in [7, 11) is 0. The van der Waals surface area contributed by atoms with E-state index in [1.807, 2.05) is 26.0 Å². The summed E-state index contributed by atoms with van der Waals surface area (Å²) in [5, 5.41) is 20.9. The average molecular weight is 322 g/mol. The largest absolute Gasteiger partial charge is 0.390 e. The molecule has 0 spiro atoms. The number of aliphatic hydroxyl groups is 2. The van der Waals surface area contributed by atoms with Gasteiger partial charge in [-0.05, 0) is 30.5 Å². The molecule has 1 aromatic carbocycles. The molecular formula is C13H18BrClO2. The lowest BCUT2D eigenvalue weighted by Gasteiger charge is -2.31. The van der Waals surface area contributed by atoms with Crippen LogP contribution in [0.3, 0.4) is 0 Å². The van der Waals surface area contributed by atoms with Gasteiger partial charge in [0.25, 0.3) is 0 Å². The summed E-state index contributed by atoms with van der Waals surface area (Å²) in [6, 6.07) is 5.53. The van der Waals surface area contributed by atoms with Crippen LogP contribution in [0.2, 0.25) is 5.02 Å². The molecule has 0 amide bonds. The van der Waals surface area contributed by atoms with Crippen molar-refractivity contribution >= 4 is 27.5 Å². The van der Waals surface area contributed by atoms with Gasteiger partial charge in [-0.3, -0.25) is 0 Å². The molecule has 0 aromatic heterocycles. The molecule has 4 heteroatoms. The van der Waals surface area contributed by atoms with E-state index in [4.69, 9.17) is 11.6 Å². The highest BCUT2D eigenvalue weighted by atomic mass is 79.9. The lowest BCUT2D eigenvalue weighted by molar-refractivity contribution is -0.0790. The van der Waals surface area contributed by atoms with Gasteiger partial charge in [0, 0.05) is 15.9 Å². The van der Waals surface area contributed by atoms with Gasteiger partial charge in [0.15, 0.2) is 0 Å². The number of hydrogen-bond donors (Lipinski definition) is 2. The predicted molar refractivity (Wildman–Crippen MR) is 74.4 cm³/mol. The van der Waals surface area contributed by atoms with Crippen molar-refractivity contribution in [2.24, 2.45) is 0 Å². The fraction of sp³-hybridized carbons (Fsp3) is 0.538. The predicted octanol–water partition coefficient (Wildman–Crippen LogP) is 3.56. The molecule has 0 saturated heterocycles. The molecule has 1 rings (SSSR count). The second-order valence-corrected chi connectivity index (χ2v) is 5.59. The Hall–Kier alpha value is -0.0900. The Kier molecular flexibility index (Phi) is 5.45. The molecule has 2 N–H and O–H groups in total. The zero-order chi connectivity index (χ0) is 13.1. The van der Waals surface area contributed by atoms with Crippen LogP contribution in [0, 0.1) is 0 Å². The number of aliphatic hydroxyl groups excluding tert-OH is 1. The summed E-state index contributed by atoms with van der Waals surface area (Å²) in [5.74, 6) is 0. The summed E-state index contributed by atoms with van der Waals surface area (Å²) in [5.41, 5.74) is -0.182. The van der Waals surface area contributed by atoms with E-state index in [0.717, 1.165) is 10.0 Å². The van der Waals surface area contributed by atoms with Crippen LogP contribution in [0.1, 0.15) is 32.3 Å². The van der Waals surface area contributed by atoms with Crippen molar-refractivity contribution in [2.75, 3.05) is 0 Å². The van der Waals surface area contributed by atoms with Crippen molar-refractivity contribution in [2.45, 2.75) is 44.8 Å². The molecule has 1 unspecified atom stereocenters. The molecule has 0 fully saturated rings. The van der Waals surface area contributed by atoms with Crippen LogP contribution >= 0.6 is 27.5 Å². The molecule has 1 aromatic rings. The third kappa shape index (κ3) is 3.68. The maximum Gasteiger partial charge on any atom is 0.0903 e. The SMILES string of the molecule is CCC(O)(CC)C(O)Cc1ccc(Br)cc1Cl. The number of hydrogen-bond acceptors (Lipinski definition) is 2. The highest BCUT2D eigenvalue weighted by Gasteiger charge is 2.32. The zero-order valence-electron chi connectivity index (χ0n) is 10.1. The average Bonchev–Trinajstić information content (AvgIpc) is 2.31. The molecule has 17 heavy (non-hydrogen) atoms. The second kappa shape index (κ2) is 6.19. The monoisotopic (exact) mass is 320 g/mol. The summed E-state index contributed by atoms with van der Waals surface area (Å²) in [6.07, 6.45) is 0.623. The first-order valence-corrected chi connectivity index (χ1v) is 6.94. The molecule has 0 heterocycles. The molecule has 0 radical (unpaired) electrons. The summed E-state index contributed by atoms with van der Waals surface area (Å²) < 4.78 is 0.905. The fourth-order valence-corrected chi connectivity index (χ4v) is 2.56. The first-order valence-electron chi connectivity index (χ1n) is 5.77. The van der Waals surface area contributed by atoms with E-state index in [2.05, 4.69) is 15.9 Å². The van der Waals surface area contributed by atoms with Gasteiger partial charge in [-0.25, -0.2) is 0 Å². The van der Waals surface area contributed by atoms with Gasteiger partial charge in [-0.2, -0.15) is 0 Å².